The van der Waals surface area contributed by atoms with Crippen LogP contribution in [0.15, 0.2) is 40.9 Å². The molecule has 2 aromatic carbocycles. The van der Waals surface area contributed by atoms with Gasteiger partial charge in [0.25, 0.3) is 0 Å². The minimum atomic E-state index is -1.84. The molecular weight excluding hydrogens is 558 g/mol. The maximum Gasteiger partial charge on any atom is 0.316 e. The smallest absolute Gasteiger partial charge is 0.316 e. The fourth-order valence-corrected chi connectivity index (χ4v) is 5.80. The van der Waals surface area contributed by atoms with E-state index in [1.807, 2.05) is 37.3 Å². The number of halogens is 1. The van der Waals surface area contributed by atoms with Crippen molar-refractivity contribution in [3.63, 3.8) is 0 Å². The first kappa shape index (κ1) is 31.1. The Labute approximate surface area is 249 Å². The predicted molar refractivity (Wildman–Crippen MR) is 163 cm³/mol. The average molecular weight is 600 g/mol. The number of nitrogens with zero attached hydrogens (tertiary/aromatic N) is 2. The minimum Gasteiger partial charge on any atom is -0.490 e. The van der Waals surface area contributed by atoms with Crippen LogP contribution in [-0.2, 0) is 11.0 Å². The molecule has 0 aliphatic heterocycles. The molecule has 1 N–H and O–H groups in total. The number of benzene rings is 2. The number of rotatable bonds is 11. The van der Waals surface area contributed by atoms with E-state index in [2.05, 4.69) is 49.3 Å². The van der Waals surface area contributed by atoms with E-state index in [1.165, 1.54) is 19.3 Å². The first-order chi connectivity index (χ1) is 19.4. The lowest BCUT2D eigenvalue weighted by atomic mass is 9.98. The fourth-order valence-electron chi connectivity index (χ4n) is 4.45. The molecule has 0 radical (unpaired) electrons. The van der Waals surface area contributed by atoms with Crippen molar-refractivity contribution in [1.29, 1.82) is 0 Å². The number of amides is 1. The molecule has 0 atom stereocenters. The Kier molecular flexibility index (Phi) is 10.1. The summed E-state index contributed by atoms with van der Waals surface area (Å²) in [5.74, 6) is 1.16. The monoisotopic (exact) mass is 599 g/mol. The van der Waals surface area contributed by atoms with Gasteiger partial charge in [-0.25, -0.2) is 0 Å². The van der Waals surface area contributed by atoms with E-state index in [0.717, 1.165) is 29.7 Å². The molecule has 1 fully saturated rings. The van der Waals surface area contributed by atoms with Gasteiger partial charge in [-0.15, -0.1) is 0 Å². The lowest BCUT2D eigenvalue weighted by Crippen LogP contribution is -2.41. The summed E-state index contributed by atoms with van der Waals surface area (Å²) in [6.45, 7) is 14.2. The van der Waals surface area contributed by atoms with Crippen molar-refractivity contribution in [2.45, 2.75) is 90.6 Å². The highest BCUT2D eigenvalue weighted by Crippen LogP contribution is 2.37. The van der Waals surface area contributed by atoms with Crippen LogP contribution in [0.3, 0.4) is 0 Å². The molecule has 1 aromatic heterocycles. The van der Waals surface area contributed by atoms with E-state index < -0.39 is 14.2 Å². The number of carbonyl (C=O) groups is 1. The van der Waals surface area contributed by atoms with Gasteiger partial charge in [0.1, 0.15) is 18.1 Å². The van der Waals surface area contributed by atoms with Gasteiger partial charge >= 0.3 is 11.8 Å². The topological polar surface area (TPSA) is 95.7 Å². The van der Waals surface area contributed by atoms with Crippen molar-refractivity contribution in [2.24, 2.45) is 0 Å². The summed E-state index contributed by atoms with van der Waals surface area (Å²) in [7, 11) is -1.84. The molecule has 0 spiro atoms. The molecule has 0 unspecified atom stereocenters. The first-order valence-corrected chi connectivity index (χ1v) is 17.7. The van der Waals surface area contributed by atoms with E-state index in [4.69, 9.17) is 30.0 Å². The lowest BCUT2D eigenvalue weighted by molar-refractivity contribution is 0.0907. The van der Waals surface area contributed by atoms with Crippen LogP contribution >= 0.6 is 11.6 Å². The number of nitrogens with one attached hydrogen (secondary N) is 1. The molecule has 8 nitrogen and oxygen atoms in total. The van der Waals surface area contributed by atoms with Gasteiger partial charge in [0.2, 0.25) is 5.82 Å². The van der Waals surface area contributed by atoms with Crippen LogP contribution in [0.25, 0.3) is 11.4 Å². The van der Waals surface area contributed by atoms with Gasteiger partial charge in [-0.1, -0.05) is 56.1 Å². The number of aromatic nitrogens is 2. The summed E-state index contributed by atoms with van der Waals surface area (Å²) >= 11 is 6.55. The molecule has 1 saturated carbocycles. The van der Waals surface area contributed by atoms with Crippen molar-refractivity contribution in [3.05, 3.63) is 58.4 Å². The van der Waals surface area contributed by atoms with Crippen molar-refractivity contribution < 1.29 is 23.2 Å². The molecule has 1 aliphatic carbocycles. The zero-order valence-electron chi connectivity index (χ0n) is 25.0. The molecule has 4 rings (SSSR count). The number of hydrogen-bond donors (Lipinski definition) is 1. The molecule has 1 heterocycles. The SMILES string of the molecule is Cc1cc(-c2noc(C(=O)NCc3ccc(OC4CCCCC4)cc3)n2)cc(Cl)c1OCCO[Si](C)(C)C(C)(C)C. The molecule has 0 bridgehead atoms. The second-order valence-corrected chi connectivity index (χ2v) is 17.4. The Balaban J connectivity index is 1.29. The maximum absolute atomic E-state index is 12.7. The van der Waals surface area contributed by atoms with Crippen molar-refractivity contribution in [3.8, 4) is 22.9 Å². The van der Waals surface area contributed by atoms with Crippen molar-refractivity contribution >= 4 is 25.8 Å². The summed E-state index contributed by atoms with van der Waals surface area (Å²) in [5.41, 5.74) is 2.40. The average Bonchev–Trinajstić information content (AvgIpc) is 3.42. The lowest BCUT2D eigenvalue weighted by Gasteiger charge is -2.36. The van der Waals surface area contributed by atoms with Crippen LogP contribution in [-0.4, -0.2) is 43.7 Å². The summed E-state index contributed by atoms with van der Waals surface area (Å²) in [6.07, 6.45) is 6.28. The highest BCUT2D eigenvalue weighted by atomic mass is 35.5. The maximum atomic E-state index is 12.7. The van der Waals surface area contributed by atoms with Gasteiger partial charge in [-0.2, -0.15) is 4.98 Å². The first-order valence-electron chi connectivity index (χ1n) is 14.4. The van der Waals surface area contributed by atoms with Crippen molar-refractivity contribution in [1.82, 2.24) is 15.5 Å². The van der Waals surface area contributed by atoms with E-state index in [1.54, 1.807) is 6.07 Å². The van der Waals surface area contributed by atoms with Crippen LogP contribution in [0.5, 0.6) is 11.5 Å². The van der Waals surface area contributed by atoms with E-state index in [-0.39, 0.29) is 16.8 Å². The molecule has 3 aromatic rings. The standard InChI is InChI=1S/C31H42ClN3O5Si/c1-21-18-23(19-26(32)27(21)37-16-17-38-41(5,6)31(2,3)4)28-34-30(40-35-28)29(36)33-20-22-12-14-25(15-13-22)39-24-10-8-7-9-11-24/h12-15,18-19,24H,7-11,16-17,20H2,1-6H3,(H,33,36). The highest BCUT2D eigenvalue weighted by Gasteiger charge is 2.37. The summed E-state index contributed by atoms with van der Waals surface area (Å²) in [6, 6.07) is 11.4. The molecule has 10 heteroatoms. The van der Waals surface area contributed by atoms with Gasteiger partial charge < -0.3 is 23.7 Å². The van der Waals surface area contributed by atoms with Gasteiger partial charge in [-0.05, 0) is 86.1 Å². The van der Waals surface area contributed by atoms with Crippen LogP contribution in [0.1, 0.15) is 74.7 Å². The third-order valence-corrected chi connectivity index (χ3v) is 12.8. The largest absolute Gasteiger partial charge is 0.490 e. The third-order valence-electron chi connectivity index (χ3n) is 7.94. The van der Waals surface area contributed by atoms with Gasteiger partial charge in [0, 0.05) is 12.1 Å². The van der Waals surface area contributed by atoms with Gasteiger partial charge in [0.15, 0.2) is 8.32 Å². The van der Waals surface area contributed by atoms with Crippen molar-refractivity contribution in [2.75, 3.05) is 13.2 Å². The molecule has 1 aliphatic rings. The van der Waals surface area contributed by atoms with Gasteiger partial charge in [0.05, 0.1) is 17.7 Å². The quantitative estimate of drug-likeness (QED) is 0.178. The normalized spacial score (nSPS) is 14.6. The number of aryl methyl sites for hydroxylation is 1. The minimum absolute atomic E-state index is 0.117. The highest BCUT2D eigenvalue weighted by molar-refractivity contribution is 6.74. The number of carbonyl (C=O) groups excluding carboxylic acids is 1. The Morgan fingerprint density at radius 1 is 1.10 bits per heavy atom. The molecule has 222 valence electrons. The third kappa shape index (κ3) is 8.33. The molecule has 0 saturated heterocycles. The summed E-state index contributed by atoms with van der Waals surface area (Å²) < 4.78 is 23.5. The predicted octanol–water partition coefficient (Wildman–Crippen LogP) is 7.74. The van der Waals surface area contributed by atoms with Crippen LogP contribution < -0.4 is 14.8 Å². The second-order valence-electron chi connectivity index (χ2n) is 12.2. The Morgan fingerprint density at radius 3 is 2.46 bits per heavy atom. The van der Waals surface area contributed by atoms with Crippen LogP contribution in [0, 0.1) is 6.92 Å². The molecule has 41 heavy (non-hydrogen) atoms. The van der Waals surface area contributed by atoms with Gasteiger partial charge in [-0.3, -0.25) is 4.79 Å². The molecule has 1 amide bonds. The zero-order chi connectivity index (χ0) is 29.6. The Morgan fingerprint density at radius 2 is 1.80 bits per heavy atom. The van der Waals surface area contributed by atoms with E-state index in [9.17, 15) is 4.79 Å². The Hall–Kier alpha value is -2.88. The second kappa shape index (κ2) is 13.4. The summed E-state index contributed by atoms with van der Waals surface area (Å²) in [4.78, 5) is 17.0. The summed E-state index contributed by atoms with van der Waals surface area (Å²) in [5, 5.41) is 7.38. The Bertz CT molecular complexity index is 1290. The number of hydrogen-bond acceptors (Lipinski definition) is 7. The van der Waals surface area contributed by atoms with Crippen LogP contribution in [0.2, 0.25) is 23.2 Å². The van der Waals surface area contributed by atoms with E-state index >= 15 is 0 Å². The fraction of sp³-hybridized carbons (Fsp3) is 0.516. The van der Waals surface area contributed by atoms with E-state index in [0.29, 0.717) is 42.2 Å². The zero-order valence-corrected chi connectivity index (χ0v) is 26.8. The molecular formula is C31H42ClN3O5Si. The number of ether oxygens (including phenoxy) is 2. The van der Waals surface area contributed by atoms with Crippen LogP contribution in [0.4, 0.5) is 0 Å².